The van der Waals surface area contributed by atoms with Crippen molar-refractivity contribution in [3.63, 3.8) is 0 Å². The number of benzene rings is 1. The van der Waals surface area contributed by atoms with Crippen LogP contribution < -0.4 is 10.6 Å². The highest BCUT2D eigenvalue weighted by molar-refractivity contribution is 7.15. The molecule has 0 aliphatic rings. The third-order valence-corrected chi connectivity index (χ3v) is 3.59. The lowest BCUT2D eigenvalue weighted by Crippen LogP contribution is -2.20. The number of rotatable bonds is 2. The standard InChI is InChI=1S/C13H16N4OS/c1-7-5-9(3)11(6-8(7)2)14-12(18)15-13-17-16-10(4)19-13/h5-6H,1-4H3,(H2,14,15,17,18). The van der Waals surface area contributed by atoms with Crippen molar-refractivity contribution in [2.45, 2.75) is 27.7 Å². The number of nitrogens with one attached hydrogen (secondary N) is 2. The van der Waals surface area contributed by atoms with E-state index in [0.29, 0.717) is 5.13 Å². The van der Waals surface area contributed by atoms with Crippen molar-refractivity contribution in [1.29, 1.82) is 0 Å². The maximum absolute atomic E-state index is 11.9. The molecule has 5 nitrogen and oxygen atoms in total. The molecule has 19 heavy (non-hydrogen) atoms. The minimum Gasteiger partial charge on any atom is -0.307 e. The van der Waals surface area contributed by atoms with Crippen LogP contribution in [0.25, 0.3) is 0 Å². The van der Waals surface area contributed by atoms with Gasteiger partial charge in [-0.25, -0.2) is 4.79 Å². The van der Waals surface area contributed by atoms with E-state index in [-0.39, 0.29) is 6.03 Å². The van der Waals surface area contributed by atoms with Gasteiger partial charge in [0.25, 0.3) is 0 Å². The van der Waals surface area contributed by atoms with Crippen molar-refractivity contribution >= 4 is 28.2 Å². The van der Waals surface area contributed by atoms with Gasteiger partial charge in [0.05, 0.1) is 0 Å². The van der Waals surface area contributed by atoms with Gasteiger partial charge in [-0.1, -0.05) is 17.4 Å². The van der Waals surface area contributed by atoms with Gasteiger partial charge in [-0.2, -0.15) is 0 Å². The fourth-order valence-electron chi connectivity index (χ4n) is 1.69. The van der Waals surface area contributed by atoms with E-state index in [2.05, 4.69) is 33.8 Å². The molecule has 0 aliphatic heterocycles. The van der Waals surface area contributed by atoms with Crippen LogP contribution in [0.5, 0.6) is 0 Å². The molecule has 0 fully saturated rings. The third kappa shape index (κ3) is 3.29. The fourth-order valence-corrected chi connectivity index (χ4v) is 2.28. The third-order valence-electron chi connectivity index (χ3n) is 2.84. The molecule has 2 rings (SSSR count). The Kier molecular flexibility index (Phi) is 3.80. The molecule has 0 saturated carbocycles. The Morgan fingerprint density at radius 2 is 1.68 bits per heavy atom. The van der Waals surface area contributed by atoms with E-state index >= 15 is 0 Å². The summed E-state index contributed by atoms with van der Waals surface area (Å²) in [4.78, 5) is 11.9. The molecule has 6 heteroatoms. The molecule has 0 atom stereocenters. The Labute approximate surface area is 116 Å². The Hall–Kier alpha value is -1.95. The van der Waals surface area contributed by atoms with Crippen molar-refractivity contribution in [2.24, 2.45) is 0 Å². The second-order valence-electron chi connectivity index (χ2n) is 4.46. The predicted molar refractivity (Wildman–Crippen MR) is 77.9 cm³/mol. The average molecular weight is 276 g/mol. The lowest BCUT2D eigenvalue weighted by Gasteiger charge is -2.11. The molecule has 0 bridgehead atoms. The summed E-state index contributed by atoms with van der Waals surface area (Å²) in [6.07, 6.45) is 0. The van der Waals surface area contributed by atoms with Gasteiger partial charge in [0.1, 0.15) is 5.01 Å². The smallest absolute Gasteiger partial charge is 0.307 e. The number of hydrogen-bond donors (Lipinski definition) is 2. The maximum atomic E-state index is 11.9. The lowest BCUT2D eigenvalue weighted by atomic mass is 10.1. The zero-order chi connectivity index (χ0) is 14.0. The number of nitrogens with zero attached hydrogens (tertiary/aromatic N) is 2. The first-order valence-electron chi connectivity index (χ1n) is 5.91. The number of carbonyl (C=O) groups is 1. The van der Waals surface area contributed by atoms with Crippen LogP contribution in [0, 0.1) is 27.7 Å². The second kappa shape index (κ2) is 5.36. The monoisotopic (exact) mass is 276 g/mol. The van der Waals surface area contributed by atoms with Gasteiger partial charge in [0, 0.05) is 5.69 Å². The molecule has 2 amide bonds. The second-order valence-corrected chi connectivity index (χ2v) is 5.64. The van der Waals surface area contributed by atoms with Crippen LogP contribution in [0.1, 0.15) is 21.7 Å². The molecule has 0 aliphatic carbocycles. The zero-order valence-electron chi connectivity index (χ0n) is 11.4. The van der Waals surface area contributed by atoms with E-state index in [1.807, 2.05) is 26.8 Å². The average Bonchev–Trinajstić information content (AvgIpc) is 2.71. The van der Waals surface area contributed by atoms with E-state index in [1.165, 1.54) is 16.9 Å². The summed E-state index contributed by atoms with van der Waals surface area (Å²) in [5.74, 6) is 0. The van der Waals surface area contributed by atoms with Crippen molar-refractivity contribution in [3.05, 3.63) is 33.8 Å². The highest BCUT2D eigenvalue weighted by Gasteiger charge is 2.08. The van der Waals surface area contributed by atoms with E-state index in [0.717, 1.165) is 21.8 Å². The Morgan fingerprint density at radius 3 is 2.32 bits per heavy atom. The van der Waals surface area contributed by atoms with Gasteiger partial charge in [0.15, 0.2) is 0 Å². The number of amides is 2. The predicted octanol–water partition coefficient (Wildman–Crippen LogP) is 3.42. The molecule has 1 aromatic carbocycles. The Bertz CT molecular complexity index is 621. The number of carbonyl (C=O) groups excluding carboxylic acids is 1. The summed E-state index contributed by atoms with van der Waals surface area (Å²) in [6, 6.07) is 3.72. The van der Waals surface area contributed by atoms with Gasteiger partial charge in [-0.05, 0) is 50.5 Å². The van der Waals surface area contributed by atoms with Crippen LogP contribution in [0.2, 0.25) is 0 Å². The summed E-state index contributed by atoms with van der Waals surface area (Å²) >= 11 is 1.34. The van der Waals surface area contributed by atoms with Crippen LogP contribution in [-0.2, 0) is 0 Å². The SMILES string of the molecule is Cc1nnc(NC(=O)Nc2cc(C)c(C)cc2C)s1. The van der Waals surface area contributed by atoms with E-state index in [4.69, 9.17) is 0 Å². The summed E-state index contributed by atoms with van der Waals surface area (Å²) < 4.78 is 0. The summed E-state index contributed by atoms with van der Waals surface area (Å²) in [5.41, 5.74) is 4.20. The van der Waals surface area contributed by atoms with Crippen molar-refractivity contribution in [2.75, 3.05) is 10.6 Å². The molecule has 0 spiro atoms. The molecule has 0 unspecified atom stereocenters. The van der Waals surface area contributed by atoms with Crippen molar-refractivity contribution in [1.82, 2.24) is 10.2 Å². The van der Waals surface area contributed by atoms with E-state index < -0.39 is 0 Å². The fraction of sp³-hybridized carbons (Fsp3) is 0.308. The number of aryl methyl sites for hydroxylation is 4. The number of anilines is 2. The molecule has 100 valence electrons. The first-order chi connectivity index (χ1) is 8.95. The van der Waals surface area contributed by atoms with Crippen LogP contribution in [0.15, 0.2) is 12.1 Å². The molecular formula is C13H16N4OS. The topological polar surface area (TPSA) is 66.9 Å². The van der Waals surface area contributed by atoms with Crippen LogP contribution in [0.4, 0.5) is 15.6 Å². The largest absolute Gasteiger partial charge is 0.325 e. The zero-order valence-corrected chi connectivity index (χ0v) is 12.2. The normalized spacial score (nSPS) is 10.3. The highest BCUT2D eigenvalue weighted by atomic mass is 32.1. The number of hydrogen-bond acceptors (Lipinski definition) is 4. The molecule has 1 aromatic heterocycles. The molecule has 2 aromatic rings. The van der Waals surface area contributed by atoms with Gasteiger partial charge in [-0.3, -0.25) is 5.32 Å². The van der Waals surface area contributed by atoms with E-state index in [9.17, 15) is 4.79 Å². The number of aromatic nitrogens is 2. The maximum Gasteiger partial charge on any atom is 0.325 e. The Balaban J connectivity index is 2.09. The van der Waals surface area contributed by atoms with Crippen LogP contribution in [0.3, 0.4) is 0 Å². The number of urea groups is 1. The van der Waals surface area contributed by atoms with Gasteiger partial charge < -0.3 is 5.32 Å². The Morgan fingerprint density at radius 1 is 1.00 bits per heavy atom. The molecule has 0 radical (unpaired) electrons. The lowest BCUT2D eigenvalue weighted by molar-refractivity contribution is 0.262. The van der Waals surface area contributed by atoms with Crippen LogP contribution in [-0.4, -0.2) is 16.2 Å². The molecular weight excluding hydrogens is 260 g/mol. The molecule has 0 saturated heterocycles. The van der Waals surface area contributed by atoms with Crippen molar-refractivity contribution < 1.29 is 4.79 Å². The first kappa shape index (κ1) is 13.5. The van der Waals surface area contributed by atoms with Gasteiger partial charge in [-0.15, -0.1) is 10.2 Å². The minimum atomic E-state index is -0.303. The molecule has 2 N–H and O–H groups in total. The minimum absolute atomic E-state index is 0.303. The van der Waals surface area contributed by atoms with Gasteiger partial charge in [0.2, 0.25) is 5.13 Å². The highest BCUT2D eigenvalue weighted by Crippen LogP contribution is 2.20. The summed E-state index contributed by atoms with van der Waals surface area (Å²) in [6.45, 7) is 7.88. The van der Waals surface area contributed by atoms with Gasteiger partial charge >= 0.3 is 6.03 Å². The van der Waals surface area contributed by atoms with Crippen LogP contribution >= 0.6 is 11.3 Å². The quantitative estimate of drug-likeness (QED) is 0.883. The molecule has 1 heterocycles. The van der Waals surface area contributed by atoms with Crippen molar-refractivity contribution in [3.8, 4) is 0 Å². The first-order valence-corrected chi connectivity index (χ1v) is 6.73. The summed E-state index contributed by atoms with van der Waals surface area (Å²) in [5, 5.41) is 14.5. The van der Waals surface area contributed by atoms with E-state index in [1.54, 1.807) is 0 Å². The summed E-state index contributed by atoms with van der Waals surface area (Å²) in [7, 11) is 0.